The molecule has 10 heteroatoms. The Hall–Kier alpha value is -4.36. The second kappa shape index (κ2) is 16.6. The van der Waals surface area contributed by atoms with E-state index in [1.54, 1.807) is 7.11 Å². The smallest absolute Gasteiger partial charge is 0.407 e. The van der Waals surface area contributed by atoms with Crippen LogP contribution < -0.4 is 15.0 Å². The Kier molecular flexibility index (Phi) is 11.7. The van der Waals surface area contributed by atoms with Gasteiger partial charge in [0.2, 0.25) is 5.91 Å². The van der Waals surface area contributed by atoms with Gasteiger partial charge in [-0.15, -0.1) is 0 Å². The van der Waals surface area contributed by atoms with Gasteiger partial charge in [-0.2, -0.15) is 10.4 Å². The molecule has 3 aromatic rings. The minimum absolute atomic E-state index is 0.0968. The van der Waals surface area contributed by atoms with E-state index < -0.39 is 0 Å². The Balaban J connectivity index is 1.13. The topological polar surface area (TPSA) is 119 Å². The minimum Gasteiger partial charge on any atom is -0.495 e. The molecule has 2 saturated carbocycles. The van der Waals surface area contributed by atoms with Gasteiger partial charge in [-0.05, 0) is 125 Å². The Morgan fingerprint density at radius 3 is 2.44 bits per heavy atom. The van der Waals surface area contributed by atoms with E-state index >= 15 is 0 Å². The van der Waals surface area contributed by atoms with Crippen molar-refractivity contribution in [3.05, 3.63) is 66.0 Å². The molecule has 3 aliphatic rings. The Morgan fingerprint density at radius 2 is 1.76 bits per heavy atom. The van der Waals surface area contributed by atoms with E-state index in [0.29, 0.717) is 68.6 Å². The van der Waals surface area contributed by atoms with Gasteiger partial charge in [0.25, 0.3) is 0 Å². The number of carbonyl (C=O) groups is 2. The van der Waals surface area contributed by atoms with Crippen LogP contribution in [0.4, 0.5) is 10.5 Å². The van der Waals surface area contributed by atoms with Gasteiger partial charge in [0.05, 0.1) is 18.9 Å². The molecule has 1 saturated heterocycles. The van der Waals surface area contributed by atoms with E-state index in [9.17, 15) is 14.9 Å². The maximum absolute atomic E-state index is 14.5. The highest BCUT2D eigenvalue weighted by molar-refractivity contribution is 5.95. The van der Waals surface area contributed by atoms with Crippen LogP contribution in [0.1, 0.15) is 101 Å². The second-order valence-electron chi connectivity index (χ2n) is 14.5. The fraction of sp³-hybridized carbons (Fsp3) is 0.550. The fourth-order valence-electron chi connectivity index (χ4n) is 7.79. The van der Waals surface area contributed by atoms with Crippen molar-refractivity contribution < 1.29 is 23.8 Å². The van der Waals surface area contributed by atoms with E-state index in [1.165, 1.54) is 5.56 Å². The summed E-state index contributed by atoms with van der Waals surface area (Å²) in [6, 6.07) is 16.9. The zero-order valence-corrected chi connectivity index (χ0v) is 29.7. The van der Waals surface area contributed by atoms with Crippen molar-refractivity contribution in [3.8, 4) is 22.9 Å². The summed E-state index contributed by atoms with van der Waals surface area (Å²) in [7, 11) is 1.59. The molecule has 10 nitrogen and oxygen atoms in total. The molecule has 0 bridgehead atoms. The van der Waals surface area contributed by atoms with Crippen LogP contribution in [0.15, 0.2) is 54.9 Å². The molecule has 0 spiro atoms. The highest BCUT2D eigenvalue weighted by atomic mass is 16.6. The van der Waals surface area contributed by atoms with Crippen LogP contribution in [0, 0.1) is 23.2 Å². The number of benzene rings is 2. The molecule has 266 valence electrons. The number of alkyl carbamates (subject to hydrolysis) is 1. The van der Waals surface area contributed by atoms with E-state index in [1.807, 2.05) is 34.0 Å². The molecule has 1 aromatic heterocycles. The Morgan fingerprint density at radius 1 is 1.00 bits per heavy atom. The molecule has 0 atom stereocenters. The number of aromatic nitrogens is 2. The summed E-state index contributed by atoms with van der Waals surface area (Å²) in [4.78, 5) is 29.1. The van der Waals surface area contributed by atoms with Gasteiger partial charge >= 0.3 is 6.09 Å². The number of methoxy groups -OCH3 is 1. The number of hydrogen-bond acceptors (Lipinski definition) is 7. The number of nitriles is 1. The maximum Gasteiger partial charge on any atom is 0.407 e. The lowest BCUT2D eigenvalue weighted by Gasteiger charge is -2.36. The van der Waals surface area contributed by atoms with Gasteiger partial charge in [0.1, 0.15) is 17.9 Å². The van der Waals surface area contributed by atoms with Crippen molar-refractivity contribution in [3.63, 3.8) is 0 Å². The molecule has 0 radical (unpaired) electrons. The first-order chi connectivity index (χ1) is 24.3. The predicted molar refractivity (Wildman–Crippen MR) is 192 cm³/mol. The van der Waals surface area contributed by atoms with E-state index in [0.717, 1.165) is 55.3 Å². The summed E-state index contributed by atoms with van der Waals surface area (Å²) < 4.78 is 18.5. The average molecular weight is 682 g/mol. The summed E-state index contributed by atoms with van der Waals surface area (Å²) in [6.45, 7) is 6.20. The molecule has 0 unspecified atom stereocenters. The van der Waals surface area contributed by atoms with Crippen LogP contribution >= 0.6 is 0 Å². The predicted octanol–water partition coefficient (Wildman–Crippen LogP) is 7.78. The third kappa shape index (κ3) is 8.67. The van der Waals surface area contributed by atoms with Crippen LogP contribution in [-0.2, 0) is 14.3 Å². The molecule has 1 aliphatic heterocycles. The van der Waals surface area contributed by atoms with Crippen LogP contribution in [0.2, 0.25) is 0 Å². The van der Waals surface area contributed by atoms with Gasteiger partial charge < -0.3 is 24.4 Å². The summed E-state index contributed by atoms with van der Waals surface area (Å²) in [5.41, 5.74) is 4.74. The molecule has 2 heterocycles. The number of carbonyl (C=O) groups excluding carboxylic acids is 2. The molecule has 6 rings (SSSR count). The third-order valence-corrected chi connectivity index (χ3v) is 10.8. The number of nitrogens with one attached hydrogen (secondary N) is 1. The van der Waals surface area contributed by atoms with E-state index in [-0.39, 0.29) is 36.1 Å². The van der Waals surface area contributed by atoms with Gasteiger partial charge in [-0.1, -0.05) is 18.2 Å². The van der Waals surface area contributed by atoms with Crippen LogP contribution in [0.25, 0.3) is 11.1 Å². The molecular formula is C40H51N5O5. The SMILES string of the molecule is COc1ccc(C2CCC(CN(C(=O)C3CCC(OC(=O)NC4CCOCC4)CC3)c3cccc(-c4cnn(C(C)C)c4)c3)CC2)cc1C#N. The van der Waals surface area contributed by atoms with Crippen LogP contribution in [0.5, 0.6) is 5.75 Å². The fourth-order valence-corrected chi connectivity index (χ4v) is 7.79. The summed E-state index contributed by atoms with van der Waals surface area (Å²) in [5.74, 6) is 1.39. The summed E-state index contributed by atoms with van der Waals surface area (Å²) in [6.07, 6.45) is 11.8. The molecule has 2 aromatic carbocycles. The summed E-state index contributed by atoms with van der Waals surface area (Å²) in [5, 5.41) is 17.2. The third-order valence-electron chi connectivity index (χ3n) is 10.8. The van der Waals surface area contributed by atoms with Crippen molar-refractivity contribution in [2.24, 2.45) is 11.8 Å². The zero-order chi connectivity index (χ0) is 35.0. The van der Waals surface area contributed by atoms with E-state index in [4.69, 9.17) is 14.2 Å². The first kappa shape index (κ1) is 35.5. The quantitative estimate of drug-likeness (QED) is 0.232. The molecule has 2 amide bonds. The average Bonchev–Trinajstić information content (AvgIpc) is 3.66. The monoisotopic (exact) mass is 681 g/mol. The zero-order valence-electron chi connectivity index (χ0n) is 29.7. The lowest BCUT2D eigenvalue weighted by atomic mass is 9.78. The van der Waals surface area contributed by atoms with Gasteiger partial charge in [-0.25, -0.2) is 4.79 Å². The number of amides is 2. The summed E-state index contributed by atoms with van der Waals surface area (Å²) >= 11 is 0. The molecule has 50 heavy (non-hydrogen) atoms. The molecule has 3 fully saturated rings. The normalized spacial score (nSPS) is 22.8. The second-order valence-corrected chi connectivity index (χ2v) is 14.5. The van der Waals surface area contributed by atoms with Crippen molar-refractivity contribution >= 4 is 17.7 Å². The molecule has 2 aliphatic carbocycles. The first-order valence-electron chi connectivity index (χ1n) is 18.4. The van der Waals surface area contributed by atoms with Gasteiger partial charge in [0, 0.05) is 55.2 Å². The maximum atomic E-state index is 14.5. The number of ether oxygens (including phenoxy) is 3. The van der Waals surface area contributed by atoms with Crippen molar-refractivity contribution in [2.75, 3.05) is 31.8 Å². The van der Waals surface area contributed by atoms with Gasteiger partial charge in [0.15, 0.2) is 0 Å². The van der Waals surface area contributed by atoms with Crippen molar-refractivity contribution in [2.45, 2.75) is 102 Å². The van der Waals surface area contributed by atoms with Gasteiger partial charge in [-0.3, -0.25) is 9.48 Å². The highest BCUT2D eigenvalue weighted by Crippen LogP contribution is 2.39. The highest BCUT2D eigenvalue weighted by Gasteiger charge is 2.34. The van der Waals surface area contributed by atoms with Crippen molar-refractivity contribution in [1.82, 2.24) is 15.1 Å². The lowest BCUT2D eigenvalue weighted by Crippen LogP contribution is -2.43. The minimum atomic E-state index is -0.361. The number of rotatable bonds is 10. The molecular weight excluding hydrogens is 630 g/mol. The standard InChI is InChI=1S/C40H51N5O5/c1-27(2)45-26-34(24-42-45)31-5-4-6-36(22-31)44(25-28-7-9-29(10-8-28)32-13-16-38(48-3)33(21-32)23-41)39(46)30-11-14-37(15-12-30)50-40(47)43-35-17-19-49-20-18-35/h4-6,13,16,21-22,24,26-30,35,37H,7-12,14-15,17-20,25H2,1-3H3,(H,43,47). The van der Waals surface area contributed by atoms with Crippen molar-refractivity contribution in [1.29, 1.82) is 5.26 Å². The first-order valence-corrected chi connectivity index (χ1v) is 18.4. The number of nitrogens with zero attached hydrogens (tertiary/aromatic N) is 4. The number of anilines is 1. The van der Waals surface area contributed by atoms with E-state index in [2.05, 4.69) is 60.8 Å². The van der Waals surface area contributed by atoms with Crippen LogP contribution in [-0.4, -0.2) is 60.8 Å². The van der Waals surface area contributed by atoms with Crippen LogP contribution in [0.3, 0.4) is 0 Å². The number of hydrogen-bond donors (Lipinski definition) is 1. The Bertz CT molecular complexity index is 1640. The molecule has 1 N–H and O–H groups in total. The Labute approximate surface area is 296 Å². The largest absolute Gasteiger partial charge is 0.495 e. The lowest BCUT2D eigenvalue weighted by molar-refractivity contribution is -0.124.